The van der Waals surface area contributed by atoms with Crippen molar-refractivity contribution in [1.29, 1.82) is 5.26 Å². The number of carbonyl (C=O) groups is 1. The van der Waals surface area contributed by atoms with E-state index in [2.05, 4.69) is 10.1 Å². The van der Waals surface area contributed by atoms with Gasteiger partial charge in [-0.1, -0.05) is 11.6 Å². The highest BCUT2D eigenvalue weighted by Crippen LogP contribution is 2.29. The van der Waals surface area contributed by atoms with E-state index in [1.54, 1.807) is 6.07 Å². The maximum atomic E-state index is 12.0. The van der Waals surface area contributed by atoms with Gasteiger partial charge in [-0.2, -0.15) is 18.4 Å². The van der Waals surface area contributed by atoms with Crippen molar-refractivity contribution in [2.24, 2.45) is 0 Å². The maximum Gasteiger partial charge on any atom is 0.422 e. The van der Waals surface area contributed by atoms with Crippen molar-refractivity contribution < 1.29 is 22.7 Å². The Hall–Kier alpha value is -1.94. The smallest absolute Gasteiger partial charge is 0.422 e. The molecule has 19 heavy (non-hydrogen) atoms. The Morgan fingerprint density at radius 2 is 2.16 bits per heavy atom. The molecule has 1 N–H and O–H groups in total. The van der Waals surface area contributed by atoms with E-state index in [0.29, 0.717) is 0 Å². The van der Waals surface area contributed by atoms with Gasteiger partial charge in [0.2, 0.25) is 5.91 Å². The fourth-order valence-electron chi connectivity index (χ4n) is 1.13. The van der Waals surface area contributed by atoms with E-state index in [1.807, 2.05) is 0 Å². The molecule has 0 atom stereocenters. The lowest BCUT2D eigenvalue weighted by atomic mass is 10.3. The molecule has 0 bridgehead atoms. The third kappa shape index (κ3) is 5.48. The number of anilines is 1. The second kappa shape index (κ2) is 6.29. The highest BCUT2D eigenvalue weighted by molar-refractivity contribution is 6.32. The lowest BCUT2D eigenvalue weighted by Crippen LogP contribution is -2.19. The summed E-state index contributed by atoms with van der Waals surface area (Å²) >= 11 is 5.71. The quantitative estimate of drug-likeness (QED) is 0.927. The molecule has 8 heteroatoms. The SMILES string of the molecule is N#CCC(=O)Nc1ccc(OCC(F)(F)F)c(Cl)c1. The first-order valence-electron chi connectivity index (χ1n) is 4.98. The second-order valence-electron chi connectivity index (χ2n) is 3.43. The number of hydrogen-bond acceptors (Lipinski definition) is 3. The topological polar surface area (TPSA) is 62.1 Å². The summed E-state index contributed by atoms with van der Waals surface area (Å²) in [5, 5.41) is 10.6. The molecule has 0 unspecified atom stereocenters. The van der Waals surface area contributed by atoms with E-state index in [9.17, 15) is 18.0 Å². The van der Waals surface area contributed by atoms with Gasteiger partial charge in [0.25, 0.3) is 0 Å². The molecule has 0 saturated carbocycles. The molecule has 0 spiro atoms. The lowest BCUT2D eigenvalue weighted by Gasteiger charge is -2.11. The van der Waals surface area contributed by atoms with Crippen molar-refractivity contribution in [2.45, 2.75) is 12.6 Å². The van der Waals surface area contributed by atoms with Gasteiger partial charge in [-0.3, -0.25) is 4.79 Å². The number of halogens is 4. The molecule has 102 valence electrons. The van der Waals surface area contributed by atoms with Crippen LogP contribution in [0.25, 0.3) is 0 Å². The predicted octanol–water partition coefficient (Wildman–Crippen LogP) is 3.13. The highest BCUT2D eigenvalue weighted by Gasteiger charge is 2.28. The van der Waals surface area contributed by atoms with E-state index in [1.165, 1.54) is 18.2 Å². The zero-order chi connectivity index (χ0) is 14.5. The van der Waals surface area contributed by atoms with Crippen molar-refractivity contribution in [2.75, 3.05) is 11.9 Å². The van der Waals surface area contributed by atoms with Gasteiger partial charge in [-0.25, -0.2) is 0 Å². The van der Waals surface area contributed by atoms with E-state index in [4.69, 9.17) is 16.9 Å². The van der Waals surface area contributed by atoms with Crippen LogP contribution in [0.3, 0.4) is 0 Å². The first-order valence-corrected chi connectivity index (χ1v) is 5.35. The molecule has 0 aromatic heterocycles. The zero-order valence-corrected chi connectivity index (χ0v) is 10.2. The molecule has 4 nitrogen and oxygen atoms in total. The van der Waals surface area contributed by atoms with Crippen LogP contribution in [-0.2, 0) is 4.79 Å². The third-order valence-electron chi connectivity index (χ3n) is 1.85. The monoisotopic (exact) mass is 292 g/mol. The second-order valence-corrected chi connectivity index (χ2v) is 3.84. The van der Waals surface area contributed by atoms with Gasteiger partial charge in [-0.15, -0.1) is 0 Å². The number of alkyl halides is 3. The first-order chi connectivity index (χ1) is 8.81. The van der Waals surface area contributed by atoms with Crippen LogP contribution in [0.1, 0.15) is 6.42 Å². The van der Waals surface area contributed by atoms with Crippen molar-refractivity contribution in [3.8, 4) is 11.8 Å². The molecular formula is C11H8ClF3N2O2. The van der Waals surface area contributed by atoms with Crippen LogP contribution in [0.5, 0.6) is 5.75 Å². The molecule has 1 rings (SSSR count). The fourth-order valence-corrected chi connectivity index (χ4v) is 1.37. The van der Waals surface area contributed by atoms with Gasteiger partial charge < -0.3 is 10.1 Å². The van der Waals surface area contributed by atoms with Gasteiger partial charge in [0.05, 0.1) is 11.1 Å². The normalized spacial score (nSPS) is 10.7. The molecule has 1 amide bonds. The number of hydrogen-bond donors (Lipinski definition) is 1. The van der Waals surface area contributed by atoms with Crippen LogP contribution in [-0.4, -0.2) is 18.7 Å². The molecule has 1 aromatic rings. The Balaban J connectivity index is 2.70. The lowest BCUT2D eigenvalue weighted by molar-refractivity contribution is -0.153. The summed E-state index contributed by atoms with van der Waals surface area (Å²) in [5.41, 5.74) is 0.268. The van der Waals surface area contributed by atoms with Crippen molar-refractivity contribution in [3.05, 3.63) is 23.2 Å². The van der Waals surface area contributed by atoms with Crippen LogP contribution < -0.4 is 10.1 Å². The minimum Gasteiger partial charge on any atom is -0.483 e. The number of carbonyl (C=O) groups excluding carboxylic acids is 1. The minimum absolute atomic E-state index is 0.0704. The summed E-state index contributed by atoms with van der Waals surface area (Å²) in [6, 6.07) is 5.43. The van der Waals surface area contributed by atoms with Gasteiger partial charge >= 0.3 is 6.18 Å². The zero-order valence-electron chi connectivity index (χ0n) is 9.42. The van der Waals surface area contributed by atoms with Crippen LogP contribution in [0, 0.1) is 11.3 Å². The van der Waals surface area contributed by atoms with Crippen molar-refractivity contribution >= 4 is 23.2 Å². The van der Waals surface area contributed by atoms with E-state index in [0.717, 1.165) is 0 Å². The van der Waals surface area contributed by atoms with E-state index >= 15 is 0 Å². The molecule has 0 saturated heterocycles. The van der Waals surface area contributed by atoms with E-state index < -0.39 is 18.7 Å². The Bertz CT molecular complexity index is 512. The minimum atomic E-state index is -4.46. The van der Waals surface area contributed by atoms with Crippen LogP contribution >= 0.6 is 11.6 Å². The number of nitriles is 1. The number of ether oxygens (including phenoxy) is 1. The summed E-state index contributed by atoms with van der Waals surface area (Å²) in [4.78, 5) is 11.1. The number of rotatable bonds is 4. The number of nitrogens with zero attached hydrogens (tertiary/aromatic N) is 1. The standard InChI is InChI=1S/C11H8ClF3N2O2/c12-8-5-7(17-10(18)3-4-16)1-2-9(8)19-6-11(13,14)15/h1-2,5H,3,6H2,(H,17,18). The number of benzene rings is 1. The molecule has 0 heterocycles. The summed E-state index contributed by atoms with van der Waals surface area (Å²) in [6.07, 6.45) is -4.78. The summed E-state index contributed by atoms with van der Waals surface area (Å²) < 4.78 is 40.3. The number of amides is 1. The summed E-state index contributed by atoms with van der Waals surface area (Å²) in [7, 11) is 0. The van der Waals surface area contributed by atoms with Gasteiger partial charge in [0.1, 0.15) is 12.2 Å². The largest absolute Gasteiger partial charge is 0.483 e. The highest BCUT2D eigenvalue weighted by atomic mass is 35.5. The first kappa shape index (κ1) is 15.1. The predicted molar refractivity (Wildman–Crippen MR) is 61.9 cm³/mol. The molecular weight excluding hydrogens is 285 g/mol. The van der Waals surface area contributed by atoms with Crippen molar-refractivity contribution in [1.82, 2.24) is 0 Å². The van der Waals surface area contributed by atoms with Gasteiger partial charge in [0.15, 0.2) is 6.61 Å². The Morgan fingerprint density at radius 1 is 1.47 bits per heavy atom. The van der Waals surface area contributed by atoms with Gasteiger partial charge in [0, 0.05) is 5.69 Å². The third-order valence-corrected chi connectivity index (χ3v) is 2.14. The Kier molecular flexibility index (Phi) is 5.01. The van der Waals surface area contributed by atoms with Crippen molar-refractivity contribution in [3.63, 3.8) is 0 Å². The molecule has 0 fully saturated rings. The average molecular weight is 293 g/mol. The molecule has 0 aliphatic heterocycles. The molecule has 0 aliphatic carbocycles. The van der Waals surface area contributed by atoms with Gasteiger partial charge in [-0.05, 0) is 18.2 Å². The van der Waals surface area contributed by atoms with Crippen LogP contribution in [0.2, 0.25) is 5.02 Å². The molecule has 0 radical (unpaired) electrons. The van der Waals surface area contributed by atoms with E-state index in [-0.39, 0.29) is 22.9 Å². The fraction of sp³-hybridized carbons (Fsp3) is 0.273. The number of nitrogens with one attached hydrogen (secondary N) is 1. The summed E-state index contributed by atoms with van der Waals surface area (Å²) in [5.74, 6) is -0.681. The molecule has 0 aliphatic rings. The Morgan fingerprint density at radius 3 is 2.68 bits per heavy atom. The van der Waals surface area contributed by atoms with Crippen LogP contribution in [0.15, 0.2) is 18.2 Å². The van der Waals surface area contributed by atoms with Crippen LogP contribution in [0.4, 0.5) is 18.9 Å². The average Bonchev–Trinajstić information content (AvgIpc) is 2.26. The summed E-state index contributed by atoms with van der Waals surface area (Å²) in [6.45, 7) is -1.45. The Labute approximate surface area is 111 Å². The molecule has 1 aromatic carbocycles. The maximum absolute atomic E-state index is 12.0.